The molecule has 0 aliphatic carbocycles. The molecule has 0 radical (unpaired) electrons. The summed E-state index contributed by atoms with van der Waals surface area (Å²) in [4.78, 5) is 27.8. The van der Waals surface area contributed by atoms with Crippen LogP contribution in [0.3, 0.4) is 0 Å². The first kappa shape index (κ1) is 21.1. The normalized spacial score (nSPS) is 13.6. The Hall–Kier alpha value is -4.13. The maximum atomic E-state index is 13.4. The molecular formula is C25H21FN2O4. The highest BCUT2D eigenvalue weighted by Crippen LogP contribution is 2.35. The molecule has 1 N–H and O–H groups in total. The van der Waals surface area contributed by atoms with Crippen LogP contribution in [-0.4, -0.2) is 26.0 Å². The van der Waals surface area contributed by atoms with Gasteiger partial charge in [0.05, 0.1) is 25.5 Å². The van der Waals surface area contributed by atoms with Crippen molar-refractivity contribution in [3.05, 3.63) is 89.4 Å². The van der Waals surface area contributed by atoms with Gasteiger partial charge in [-0.05, 0) is 36.8 Å². The number of benzene rings is 3. The number of carbonyl (C=O) groups is 2. The van der Waals surface area contributed by atoms with Crippen molar-refractivity contribution >= 4 is 28.8 Å². The number of hydrogen-bond donors (Lipinski definition) is 1. The summed E-state index contributed by atoms with van der Waals surface area (Å²) in [6.45, 7) is 1.94. The van der Waals surface area contributed by atoms with Crippen LogP contribution in [-0.2, 0) is 9.59 Å². The Balaban J connectivity index is 1.82. The summed E-state index contributed by atoms with van der Waals surface area (Å²) in [5, 5.41) is 3.08. The number of rotatable bonds is 6. The number of methoxy groups -OCH3 is 2. The van der Waals surface area contributed by atoms with Gasteiger partial charge in [-0.25, -0.2) is 9.29 Å². The summed E-state index contributed by atoms with van der Waals surface area (Å²) in [6, 6.07) is 17.6. The lowest BCUT2D eigenvalue weighted by Crippen LogP contribution is -2.32. The van der Waals surface area contributed by atoms with Gasteiger partial charge in [0, 0.05) is 23.9 Å². The molecule has 0 unspecified atom stereocenters. The number of amides is 2. The second-order valence-electron chi connectivity index (χ2n) is 7.26. The van der Waals surface area contributed by atoms with Gasteiger partial charge >= 0.3 is 0 Å². The standard InChI is InChI=1S/C25H21FN2O4/c1-15-4-6-16(7-5-15)22-23(27-18-12-20(31-2)14-21(13-18)32-3)25(30)28(24(22)29)19-10-8-17(26)9-11-19/h4-14,27H,1-3H3. The molecule has 0 saturated carbocycles. The summed E-state index contributed by atoms with van der Waals surface area (Å²) >= 11 is 0. The molecule has 3 aromatic carbocycles. The summed E-state index contributed by atoms with van der Waals surface area (Å²) in [6.07, 6.45) is 0. The SMILES string of the molecule is COc1cc(NC2=C(c3ccc(C)cc3)C(=O)N(c3ccc(F)cc3)C2=O)cc(OC)c1. The molecule has 6 nitrogen and oxygen atoms in total. The molecule has 0 atom stereocenters. The van der Waals surface area contributed by atoms with Crippen LogP contribution >= 0.6 is 0 Å². The molecule has 0 fully saturated rings. The second kappa shape index (κ2) is 8.55. The van der Waals surface area contributed by atoms with Gasteiger partial charge in [-0.1, -0.05) is 29.8 Å². The van der Waals surface area contributed by atoms with Gasteiger partial charge in [-0.3, -0.25) is 9.59 Å². The van der Waals surface area contributed by atoms with Crippen molar-refractivity contribution in [3.63, 3.8) is 0 Å². The maximum Gasteiger partial charge on any atom is 0.282 e. The molecule has 4 rings (SSSR count). The van der Waals surface area contributed by atoms with E-state index in [2.05, 4.69) is 5.32 Å². The van der Waals surface area contributed by atoms with Crippen LogP contribution in [0.25, 0.3) is 5.57 Å². The van der Waals surface area contributed by atoms with Crippen molar-refractivity contribution in [2.24, 2.45) is 0 Å². The maximum absolute atomic E-state index is 13.4. The number of hydrogen-bond acceptors (Lipinski definition) is 5. The molecule has 0 spiro atoms. The Bertz CT molecular complexity index is 1200. The lowest BCUT2D eigenvalue weighted by Gasteiger charge is -2.15. The molecule has 1 heterocycles. The van der Waals surface area contributed by atoms with E-state index in [1.165, 1.54) is 38.5 Å². The first-order valence-electron chi connectivity index (χ1n) is 9.87. The zero-order valence-electron chi connectivity index (χ0n) is 17.8. The number of nitrogens with zero attached hydrogens (tertiary/aromatic N) is 1. The number of ether oxygens (including phenoxy) is 2. The fourth-order valence-electron chi connectivity index (χ4n) is 3.48. The van der Waals surface area contributed by atoms with Crippen molar-refractivity contribution in [1.29, 1.82) is 0 Å². The molecule has 32 heavy (non-hydrogen) atoms. The van der Waals surface area contributed by atoms with Gasteiger partial charge in [0.25, 0.3) is 11.8 Å². The largest absolute Gasteiger partial charge is 0.497 e. The predicted octanol–water partition coefficient (Wildman–Crippen LogP) is 4.55. The highest BCUT2D eigenvalue weighted by molar-refractivity contribution is 6.46. The Morgan fingerprint density at radius 2 is 1.41 bits per heavy atom. The van der Waals surface area contributed by atoms with Gasteiger partial charge in [0.15, 0.2) is 0 Å². The van der Waals surface area contributed by atoms with Gasteiger partial charge in [-0.15, -0.1) is 0 Å². The summed E-state index contributed by atoms with van der Waals surface area (Å²) in [7, 11) is 3.05. The average Bonchev–Trinajstić information content (AvgIpc) is 3.04. The lowest BCUT2D eigenvalue weighted by atomic mass is 10.0. The molecule has 2 amide bonds. The zero-order chi connectivity index (χ0) is 22.8. The van der Waals surface area contributed by atoms with Crippen LogP contribution in [0.15, 0.2) is 72.4 Å². The molecule has 0 aromatic heterocycles. The van der Waals surface area contributed by atoms with E-state index in [9.17, 15) is 14.0 Å². The quantitative estimate of drug-likeness (QED) is 0.579. The molecule has 7 heteroatoms. The Kier molecular flexibility index (Phi) is 5.64. The van der Waals surface area contributed by atoms with Crippen molar-refractivity contribution in [2.45, 2.75) is 6.92 Å². The minimum absolute atomic E-state index is 0.110. The van der Waals surface area contributed by atoms with E-state index in [1.54, 1.807) is 30.3 Å². The summed E-state index contributed by atoms with van der Waals surface area (Å²) in [5.74, 6) is -0.448. The first-order valence-corrected chi connectivity index (χ1v) is 9.87. The number of nitrogens with one attached hydrogen (secondary N) is 1. The summed E-state index contributed by atoms with van der Waals surface area (Å²) in [5.41, 5.74) is 2.75. The van der Waals surface area contributed by atoms with E-state index < -0.39 is 17.6 Å². The van der Waals surface area contributed by atoms with Crippen LogP contribution in [0, 0.1) is 12.7 Å². The van der Waals surface area contributed by atoms with E-state index in [-0.39, 0.29) is 17.0 Å². The fraction of sp³-hybridized carbons (Fsp3) is 0.120. The second-order valence-corrected chi connectivity index (χ2v) is 7.26. The minimum atomic E-state index is -0.543. The topological polar surface area (TPSA) is 67.9 Å². The third-order valence-electron chi connectivity index (χ3n) is 5.13. The monoisotopic (exact) mass is 432 g/mol. The van der Waals surface area contributed by atoms with E-state index in [4.69, 9.17) is 9.47 Å². The Labute approximate surface area is 184 Å². The number of anilines is 2. The molecule has 1 aliphatic rings. The van der Waals surface area contributed by atoms with Crippen molar-refractivity contribution < 1.29 is 23.5 Å². The highest BCUT2D eigenvalue weighted by Gasteiger charge is 2.40. The van der Waals surface area contributed by atoms with Crippen LogP contribution < -0.4 is 19.7 Å². The minimum Gasteiger partial charge on any atom is -0.497 e. The molecule has 162 valence electrons. The molecule has 3 aromatic rings. The van der Waals surface area contributed by atoms with Gasteiger partial charge in [0.2, 0.25) is 0 Å². The smallest absolute Gasteiger partial charge is 0.282 e. The Morgan fingerprint density at radius 1 is 0.812 bits per heavy atom. The third-order valence-corrected chi connectivity index (χ3v) is 5.13. The van der Waals surface area contributed by atoms with Gasteiger partial charge in [-0.2, -0.15) is 0 Å². The average molecular weight is 432 g/mol. The van der Waals surface area contributed by atoms with Gasteiger partial charge < -0.3 is 14.8 Å². The number of halogens is 1. The number of carbonyl (C=O) groups excluding carboxylic acids is 2. The first-order chi connectivity index (χ1) is 15.4. The van der Waals surface area contributed by atoms with Crippen LogP contribution in [0.2, 0.25) is 0 Å². The number of imide groups is 1. The van der Waals surface area contributed by atoms with Crippen LogP contribution in [0.4, 0.5) is 15.8 Å². The van der Waals surface area contributed by atoms with E-state index in [0.29, 0.717) is 22.7 Å². The van der Waals surface area contributed by atoms with E-state index in [1.807, 2.05) is 19.1 Å². The summed E-state index contributed by atoms with van der Waals surface area (Å²) < 4.78 is 24.0. The molecule has 0 bridgehead atoms. The van der Waals surface area contributed by atoms with E-state index in [0.717, 1.165) is 10.5 Å². The predicted molar refractivity (Wildman–Crippen MR) is 120 cm³/mol. The molecule has 1 aliphatic heterocycles. The molecule has 0 saturated heterocycles. The zero-order valence-corrected chi connectivity index (χ0v) is 17.8. The van der Waals surface area contributed by atoms with Crippen molar-refractivity contribution in [1.82, 2.24) is 0 Å². The fourth-order valence-corrected chi connectivity index (χ4v) is 3.48. The van der Waals surface area contributed by atoms with E-state index >= 15 is 0 Å². The highest BCUT2D eigenvalue weighted by atomic mass is 19.1. The van der Waals surface area contributed by atoms with Crippen molar-refractivity contribution in [2.75, 3.05) is 24.4 Å². The third kappa shape index (κ3) is 3.92. The van der Waals surface area contributed by atoms with Gasteiger partial charge in [0.1, 0.15) is 23.0 Å². The Morgan fingerprint density at radius 3 is 1.97 bits per heavy atom. The van der Waals surface area contributed by atoms with Crippen molar-refractivity contribution in [3.8, 4) is 11.5 Å². The molecular weight excluding hydrogens is 411 g/mol. The van der Waals surface area contributed by atoms with Crippen LogP contribution in [0.5, 0.6) is 11.5 Å². The lowest BCUT2D eigenvalue weighted by molar-refractivity contribution is -0.120. The van der Waals surface area contributed by atoms with Crippen LogP contribution in [0.1, 0.15) is 11.1 Å². The number of aryl methyl sites for hydroxylation is 1.